The molecule has 21 heavy (non-hydrogen) atoms. The van der Waals surface area contributed by atoms with E-state index < -0.39 is 0 Å². The van der Waals surface area contributed by atoms with E-state index in [2.05, 4.69) is 15.1 Å². The largest absolute Gasteiger partial charge is 0.351 e. The minimum absolute atomic E-state index is 0.215. The third kappa shape index (κ3) is 3.17. The summed E-state index contributed by atoms with van der Waals surface area (Å²) in [6.07, 6.45) is 4.85. The van der Waals surface area contributed by atoms with Crippen molar-refractivity contribution in [3.8, 4) is 0 Å². The first kappa shape index (κ1) is 13.1. The normalized spacial score (nSPS) is 10.5. The van der Waals surface area contributed by atoms with Crippen LogP contribution in [-0.2, 0) is 13.1 Å². The maximum atomic E-state index is 12.5. The first-order chi connectivity index (χ1) is 10.3. The van der Waals surface area contributed by atoms with Crippen LogP contribution in [0.4, 0.5) is 0 Å². The van der Waals surface area contributed by atoms with Crippen LogP contribution in [0.1, 0.15) is 21.9 Å². The fourth-order valence-corrected chi connectivity index (χ4v) is 2.05. The minimum Gasteiger partial charge on any atom is -0.351 e. The monoisotopic (exact) mass is 282 g/mol. The van der Waals surface area contributed by atoms with Gasteiger partial charge in [-0.3, -0.25) is 4.79 Å². The Labute approximate surface area is 121 Å². The molecule has 0 aliphatic rings. The molecule has 0 atom stereocenters. The van der Waals surface area contributed by atoms with Crippen LogP contribution in [0.2, 0.25) is 0 Å². The Bertz CT molecular complexity index is 678. The topological polar surface area (TPSA) is 75.0 Å². The predicted octanol–water partition coefficient (Wildman–Crippen LogP) is 2.24. The Hall–Kier alpha value is -2.89. The van der Waals surface area contributed by atoms with Crippen molar-refractivity contribution in [1.29, 1.82) is 0 Å². The maximum absolute atomic E-state index is 12.5. The maximum Gasteiger partial charge on any atom is 0.293 e. The third-order valence-corrected chi connectivity index (χ3v) is 3.05. The molecule has 0 spiro atoms. The molecule has 2 aromatic heterocycles. The predicted molar refractivity (Wildman–Crippen MR) is 75.1 cm³/mol. The van der Waals surface area contributed by atoms with Crippen LogP contribution in [0.3, 0.4) is 0 Å². The summed E-state index contributed by atoms with van der Waals surface area (Å²) in [7, 11) is 0. The zero-order valence-electron chi connectivity index (χ0n) is 11.3. The van der Waals surface area contributed by atoms with Crippen LogP contribution >= 0.6 is 0 Å². The quantitative estimate of drug-likeness (QED) is 0.778. The summed E-state index contributed by atoms with van der Waals surface area (Å²) in [5.74, 6) is 0.726. The molecule has 1 aromatic carbocycles. The lowest BCUT2D eigenvalue weighted by Crippen LogP contribution is -2.30. The van der Waals surface area contributed by atoms with Gasteiger partial charge in [0.1, 0.15) is 5.82 Å². The SMILES string of the molecule is O=C(c1ccno1)N(Cc1ccccc1)Cc1ncc[nH]1. The average Bonchev–Trinajstić information content (AvgIpc) is 3.20. The number of amides is 1. The van der Waals surface area contributed by atoms with E-state index in [1.807, 2.05) is 30.3 Å². The third-order valence-electron chi connectivity index (χ3n) is 3.05. The number of hydrogen-bond acceptors (Lipinski definition) is 4. The van der Waals surface area contributed by atoms with Crippen LogP contribution in [0.25, 0.3) is 0 Å². The summed E-state index contributed by atoms with van der Waals surface area (Å²) in [4.78, 5) is 21.3. The number of benzene rings is 1. The van der Waals surface area contributed by atoms with Gasteiger partial charge >= 0.3 is 0 Å². The molecule has 6 heteroatoms. The van der Waals surface area contributed by atoms with Crippen LogP contribution in [0.15, 0.2) is 59.5 Å². The van der Waals surface area contributed by atoms with Crippen molar-refractivity contribution < 1.29 is 9.32 Å². The van der Waals surface area contributed by atoms with Crippen LogP contribution in [0, 0.1) is 0 Å². The van der Waals surface area contributed by atoms with Crippen molar-refractivity contribution in [3.63, 3.8) is 0 Å². The molecule has 6 nitrogen and oxygen atoms in total. The number of aromatic amines is 1. The van der Waals surface area contributed by atoms with Crippen molar-refractivity contribution in [1.82, 2.24) is 20.0 Å². The molecule has 0 aliphatic heterocycles. The molecule has 1 N–H and O–H groups in total. The van der Waals surface area contributed by atoms with Gasteiger partial charge in [0.05, 0.1) is 12.7 Å². The summed E-state index contributed by atoms with van der Waals surface area (Å²) in [6.45, 7) is 0.850. The molecule has 0 saturated heterocycles. The van der Waals surface area contributed by atoms with Crippen LogP contribution in [-0.4, -0.2) is 25.9 Å². The molecule has 0 radical (unpaired) electrons. The smallest absolute Gasteiger partial charge is 0.293 e. The fraction of sp³-hybridized carbons (Fsp3) is 0.133. The molecule has 0 saturated carbocycles. The summed E-state index contributed by atoms with van der Waals surface area (Å²) < 4.78 is 4.96. The molecule has 0 bridgehead atoms. The standard InChI is InChI=1S/C15H14N4O2/c20-15(13-6-7-18-21-13)19(11-14-16-8-9-17-14)10-12-4-2-1-3-5-12/h1-9H,10-11H2,(H,16,17). The first-order valence-corrected chi connectivity index (χ1v) is 6.55. The molecule has 2 heterocycles. The summed E-state index contributed by atoms with van der Waals surface area (Å²) in [5, 5.41) is 3.58. The molecule has 3 aromatic rings. The molecular weight excluding hydrogens is 268 g/mol. The van der Waals surface area contributed by atoms with E-state index in [0.717, 1.165) is 11.4 Å². The molecule has 0 aliphatic carbocycles. The van der Waals surface area contributed by atoms with E-state index in [1.165, 1.54) is 6.20 Å². The molecule has 0 fully saturated rings. The Balaban J connectivity index is 1.82. The highest BCUT2D eigenvalue weighted by molar-refractivity contribution is 5.91. The second kappa shape index (κ2) is 6.04. The van der Waals surface area contributed by atoms with Gasteiger partial charge in [0.15, 0.2) is 0 Å². The van der Waals surface area contributed by atoms with E-state index in [-0.39, 0.29) is 11.7 Å². The lowest BCUT2D eigenvalue weighted by molar-refractivity contribution is 0.0683. The number of nitrogens with one attached hydrogen (secondary N) is 1. The second-order valence-electron chi connectivity index (χ2n) is 4.56. The zero-order valence-corrected chi connectivity index (χ0v) is 11.3. The second-order valence-corrected chi connectivity index (χ2v) is 4.56. The van der Waals surface area contributed by atoms with E-state index in [9.17, 15) is 4.79 Å². The van der Waals surface area contributed by atoms with E-state index in [1.54, 1.807) is 23.4 Å². The van der Waals surface area contributed by atoms with E-state index in [0.29, 0.717) is 13.1 Å². The number of carbonyl (C=O) groups is 1. The lowest BCUT2D eigenvalue weighted by atomic mass is 10.2. The van der Waals surface area contributed by atoms with Gasteiger partial charge in [-0.15, -0.1) is 0 Å². The molecule has 1 amide bonds. The Morgan fingerprint density at radius 2 is 2.00 bits per heavy atom. The van der Waals surface area contributed by atoms with Gasteiger partial charge in [-0.1, -0.05) is 35.5 Å². The van der Waals surface area contributed by atoms with Crippen molar-refractivity contribution in [2.45, 2.75) is 13.1 Å². The number of rotatable bonds is 5. The van der Waals surface area contributed by atoms with Gasteiger partial charge in [0, 0.05) is 25.0 Å². The van der Waals surface area contributed by atoms with Gasteiger partial charge in [-0.2, -0.15) is 0 Å². The van der Waals surface area contributed by atoms with E-state index in [4.69, 9.17) is 4.52 Å². The number of H-pyrrole nitrogens is 1. The zero-order chi connectivity index (χ0) is 14.5. The Morgan fingerprint density at radius 3 is 2.67 bits per heavy atom. The lowest BCUT2D eigenvalue weighted by Gasteiger charge is -2.20. The van der Waals surface area contributed by atoms with Gasteiger partial charge in [0.25, 0.3) is 5.91 Å². The van der Waals surface area contributed by atoms with Crippen molar-refractivity contribution in [2.24, 2.45) is 0 Å². The summed E-state index contributed by atoms with van der Waals surface area (Å²) in [6, 6.07) is 11.3. The molecule has 3 rings (SSSR count). The molecule has 106 valence electrons. The fourth-order valence-electron chi connectivity index (χ4n) is 2.05. The first-order valence-electron chi connectivity index (χ1n) is 6.55. The van der Waals surface area contributed by atoms with Crippen LogP contribution < -0.4 is 0 Å². The van der Waals surface area contributed by atoms with Gasteiger partial charge in [-0.05, 0) is 5.56 Å². The Kier molecular flexibility index (Phi) is 3.77. The average molecular weight is 282 g/mol. The van der Waals surface area contributed by atoms with Crippen molar-refractivity contribution in [2.75, 3.05) is 0 Å². The highest BCUT2D eigenvalue weighted by Crippen LogP contribution is 2.12. The van der Waals surface area contributed by atoms with Gasteiger partial charge < -0.3 is 14.4 Å². The minimum atomic E-state index is -0.215. The Morgan fingerprint density at radius 1 is 1.14 bits per heavy atom. The highest BCUT2D eigenvalue weighted by Gasteiger charge is 2.20. The number of imidazole rings is 1. The van der Waals surface area contributed by atoms with Crippen molar-refractivity contribution >= 4 is 5.91 Å². The number of carbonyl (C=O) groups excluding carboxylic acids is 1. The molecule has 0 unspecified atom stereocenters. The molecular formula is C15H14N4O2. The van der Waals surface area contributed by atoms with Gasteiger partial charge in [0.2, 0.25) is 5.76 Å². The van der Waals surface area contributed by atoms with Crippen LogP contribution in [0.5, 0.6) is 0 Å². The number of nitrogens with zero attached hydrogens (tertiary/aromatic N) is 3. The summed E-state index contributed by atoms with van der Waals surface area (Å²) in [5.41, 5.74) is 1.04. The number of aromatic nitrogens is 3. The van der Waals surface area contributed by atoms with Crippen molar-refractivity contribution in [3.05, 3.63) is 72.1 Å². The summed E-state index contributed by atoms with van der Waals surface area (Å²) >= 11 is 0. The highest BCUT2D eigenvalue weighted by atomic mass is 16.5. The number of hydrogen-bond donors (Lipinski definition) is 1. The van der Waals surface area contributed by atoms with Gasteiger partial charge in [-0.25, -0.2) is 4.98 Å². The van der Waals surface area contributed by atoms with E-state index >= 15 is 0 Å².